The number of ether oxygens (including phenoxy) is 6. The second kappa shape index (κ2) is 17.8. The number of nitrogens with one attached hydrogen (secondary N) is 1. The van der Waals surface area contributed by atoms with E-state index in [0.717, 1.165) is 32.1 Å². The van der Waals surface area contributed by atoms with Gasteiger partial charge in [-0.05, 0) is 13.3 Å². The lowest BCUT2D eigenvalue weighted by Crippen LogP contribution is -2.68. The predicted octanol–water partition coefficient (Wildman–Crippen LogP) is -0.809. The van der Waals surface area contributed by atoms with Crippen molar-refractivity contribution in [1.29, 1.82) is 0 Å². The molecule has 2 aliphatic heterocycles. The fraction of sp³-hybridized carbons (Fsp3) is 0.962. The number of aliphatic hydroxyl groups is 5. The van der Waals surface area contributed by atoms with Crippen molar-refractivity contribution < 1.29 is 58.7 Å². The molecule has 2 rings (SSSR count). The summed E-state index contributed by atoms with van der Waals surface area (Å²) in [6.45, 7) is 4.70. The van der Waals surface area contributed by atoms with Gasteiger partial charge in [-0.15, -0.1) is 0 Å². The summed E-state index contributed by atoms with van der Waals surface area (Å²) in [5.74, 6) is -0.380. The smallest absolute Gasteiger partial charge is 0.217 e. The van der Waals surface area contributed by atoms with Gasteiger partial charge in [0.25, 0.3) is 0 Å². The first-order chi connectivity index (χ1) is 18.6. The van der Waals surface area contributed by atoms with Crippen LogP contribution in [-0.4, -0.2) is 132 Å². The Morgan fingerprint density at radius 3 is 2.31 bits per heavy atom. The van der Waals surface area contributed by atoms with Crippen molar-refractivity contribution >= 4 is 5.91 Å². The van der Waals surface area contributed by atoms with E-state index in [9.17, 15) is 25.2 Å². The Morgan fingerprint density at radius 1 is 0.974 bits per heavy atom. The van der Waals surface area contributed by atoms with Gasteiger partial charge in [-0.2, -0.15) is 0 Å². The van der Waals surface area contributed by atoms with Gasteiger partial charge in [-0.25, -0.2) is 0 Å². The van der Waals surface area contributed by atoms with Crippen LogP contribution >= 0.6 is 0 Å². The van der Waals surface area contributed by atoms with Gasteiger partial charge in [0.05, 0.1) is 25.9 Å². The lowest BCUT2D eigenvalue weighted by atomic mass is 9.95. The third kappa shape index (κ3) is 10.4. The highest BCUT2D eigenvalue weighted by Gasteiger charge is 2.52. The molecule has 0 unspecified atom stereocenters. The first-order valence-corrected chi connectivity index (χ1v) is 13.9. The molecule has 0 aromatic heterocycles. The molecule has 13 nitrogen and oxygen atoms in total. The number of amides is 1. The van der Waals surface area contributed by atoms with E-state index in [1.54, 1.807) is 0 Å². The zero-order chi connectivity index (χ0) is 28.9. The van der Waals surface area contributed by atoms with Gasteiger partial charge in [-0.3, -0.25) is 4.79 Å². The average Bonchev–Trinajstić information content (AvgIpc) is 2.91. The lowest BCUT2D eigenvalue weighted by Gasteiger charge is -2.48. The molecule has 0 spiro atoms. The van der Waals surface area contributed by atoms with Crippen molar-refractivity contribution in [1.82, 2.24) is 5.32 Å². The Balaban J connectivity index is 2.23. The third-order valence-electron chi connectivity index (χ3n) is 6.97. The standard InChI is InChI=1S/C26H49NO12/c1-5-6-7-8-9-10-11-36-25-19(27-16(3)29)24(39-26-22(33)21(32)20(31)15(2)37-26)23(34-4)18(38-25)14-35-13-17(30)12-28/h15,17-26,28,30-33H,5-14H2,1-4H3,(H,27,29)/t15-,17-,18+,19+,20+,21+,22-,23+,24+,25-,26-/m0/s1. The SMILES string of the molecule is CCCCCCCCO[C@H]1O[C@H](COC[C@@H](O)CO)[C@@H](OC)[C@H](O[C@@H]2O[C@@H](C)[C@@H](O)[C@@H](O)[C@@H]2O)[C@H]1NC(C)=O. The molecule has 230 valence electrons. The molecule has 2 heterocycles. The van der Waals surface area contributed by atoms with Crippen LogP contribution in [0.3, 0.4) is 0 Å². The van der Waals surface area contributed by atoms with E-state index >= 15 is 0 Å². The number of rotatable bonds is 17. The van der Waals surface area contributed by atoms with Crippen LogP contribution in [0.5, 0.6) is 0 Å². The van der Waals surface area contributed by atoms with Crippen molar-refractivity contribution in [3.05, 3.63) is 0 Å². The van der Waals surface area contributed by atoms with Gasteiger partial charge >= 0.3 is 0 Å². The van der Waals surface area contributed by atoms with Crippen LogP contribution in [0.4, 0.5) is 0 Å². The molecule has 1 amide bonds. The molecule has 11 atom stereocenters. The molecule has 6 N–H and O–H groups in total. The van der Waals surface area contributed by atoms with Gasteiger partial charge in [-0.1, -0.05) is 39.0 Å². The van der Waals surface area contributed by atoms with Crippen LogP contribution in [0.25, 0.3) is 0 Å². The minimum absolute atomic E-state index is 0.0646. The fourth-order valence-electron chi connectivity index (χ4n) is 4.75. The summed E-state index contributed by atoms with van der Waals surface area (Å²) >= 11 is 0. The van der Waals surface area contributed by atoms with Crippen molar-refractivity contribution in [2.45, 2.75) is 127 Å². The van der Waals surface area contributed by atoms with E-state index in [0.29, 0.717) is 6.61 Å². The second-order valence-corrected chi connectivity index (χ2v) is 10.3. The molecule has 0 bridgehead atoms. The van der Waals surface area contributed by atoms with Crippen LogP contribution in [0.1, 0.15) is 59.3 Å². The van der Waals surface area contributed by atoms with E-state index < -0.39 is 74.1 Å². The van der Waals surface area contributed by atoms with E-state index in [2.05, 4.69) is 12.2 Å². The van der Waals surface area contributed by atoms with Crippen LogP contribution in [0.2, 0.25) is 0 Å². The molecule has 0 aromatic carbocycles. The summed E-state index contributed by atoms with van der Waals surface area (Å²) in [7, 11) is 1.42. The maximum Gasteiger partial charge on any atom is 0.217 e. The quantitative estimate of drug-likeness (QED) is 0.120. The maximum atomic E-state index is 12.2. The minimum atomic E-state index is -1.58. The molecule has 39 heavy (non-hydrogen) atoms. The zero-order valence-electron chi connectivity index (χ0n) is 23.5. The van der Waals surface area contributed by atoms with Crippen molar-refractivity contribution in [3.8, 4) is 0 Å². The highest BCUT2D eigenvalue weighted by molar-refractivity contribution is 5.73. The molecular formula is C26H49NO12. The summed E-state index contributed by atoms with van der Waals surface area (Å²) in [6, 6.07) is -0.887. The van der Waals surface area contributed by atoms with Gasteiger partial charge in [0.15, 0.2) is 12.6 Å². The normalized spacial score (nSPS) is 36.0. The zero-order valence-corrected chi connectivity index (χ0v) is 23.5. The number of hydrogen-bond acceptors (Lipinski definition) is 12. The van der Waals surface area contributed by atoms with E-state index in [1.807, 2.05) is 0 Å². The monoisotopic (exact) mass is 567 g/mol. The van der Waals surface area contributed by atoms with Crippen LogP contribution < -0.4 is 5.32 Å². The van der Waals surface area contributed by atoms with Crippen LogP contribution in [0, 0.1) is 0 Å². The van der Waals surface area contributed by atoms with Gasteiger partial charge in [0.1, 0.15) is 48.8 Å². The largest absolute Gasteiger partial charge is 0.394 e. The van der Waals surface area contributed by atoms with Crippen molar-refractivity contribution in [3.63, 3.8) is 0 Å². The number of methoxy groups -OCH3 is 1. The molecule has 13 heteroatoms. The third-order valence-corrected chi connectivity index (χ3v) is 6.97. The molecule has 2 saturated heterocycles. The van der Waals surface area contributed by atoms with Crippen molar-refractivity contribution in [2.75, 3.05) is 33.5 Å². The molecule has 2 aliphatic rings. The van der Waals surface area contributed by atoms with E-state index in [1.165, 1.54) is 27.4 Å². The average molecular weight is 568 g/mol. The maximum absolute atomic E-state index is 12.2. The lowest BCUT2D eigenvalue weighted by molar-refractivity contribution is -0.343. The summed E-state index contributed by atoms with van der Waals surface area (Å²) in [5.41, 5.74) is 0. The number of carbonyl (C=O) groups excluding carboxylic acids is 1. The summed E-state index contributed by atoms with van der Waals surface area (Å²) in [5, 5.41) is 52.5. The number of aliphatic hydroxyl groups excluding tert-OH is 5. The predicted molar refractivity (Wildman–Crippen MR) is 138 cm³/mol. The Labute approximate surface area is 230 Å². The molecule has 0 saturated carbocycles. The van der Waals surface area contributed by atoms with E-state index in [4.69, 9.17) is 33.5 Å². The summed E-state index contributed by atoms with van der Waals surface area (Å²) in [4.78, 5) is 12.2. The first-order valence-electron chi connectivity index (χ1n) is 13.9. The van der Waals surface area contributed by atoms with Gasteiger partial charge < -0.3 is 59.3 Å². The minimum Gasteiger partial charge on any atom is -0.394 e. The molecule has 0 radical (unpaired) electrons. The van der Waals surface area contributed by atoms with Gasteiger partial charge in [0.2, 0.25) is 5.91 Å². The van der Waals surface area contributed by atoms with Crippen LogP contribution in [0.15, 0.2) is 0 Å². The molecule has 0 aliphatic carbocycles. The second-order valence-electron chi connectivity index (χ2n) is 10.3. The Morgan fingerprint density at radius 2 is 1.67 bits per heavy atom. The molecular weight excluding hydrogens is 518 g/mol. The Kier molecular flexibility index (Phi) is 15.6. The number of carbonyl (C=O) groups is 1. The Bertz CT molecular complexity index is 687. The first kappa shape index (κ1) is 34.2. The number of hydrogen-bond donors (Lipinski definition) is 6. The summed E-state index contributed by atoms with van der Waals surface area (Å²) < 4.78 is 35.3. The summed E-state index contributed by atoms with van der Waals surface area (Å²) in [6.07, 6.45) is -4.98. The van der Waals surface area contributed by atoms with Crippen LogP contribution in [-0.2, 0) is 33.2 Å². The fourth-order valence-corrected chi connectivity index (χ4v) is 4.75. The Hall–Kier alpha value is -0.970. The number of unbranched alkanes of at least 4 members (excludes halogenated alkanes) is 5. The highest BCUT2D eigenvalue weighted by atomic mass is 16.7. The molecule has 2 fully saturated rings. The topological polar surface area (TPSA) is 186 Å². The van der Waals surface area contributed by atoms with Crippen molar-refractivity contribution in [2.24, 2.45) is 0 Å². The van der Waals surface area contributed by atoms with Gasteiger partial charge in [0, 0.05) is 20.6 Å². The molecule has 0 aromatic rings. The van der Waals surface area contributed by atoms with E-state index in [-0.39, 0.29) is 19.1 Å². The highest BCUT2D eigenvalue weighted by Crippen LogP contribution is 2.31.